The summed E-state index contributed by atoms with van der Waals surface area (Å²) in [6.07, 6.45) is 5.12. The third-order valence-corrected chi connectivity index (χ3v) is 6.33. The fourth-order valence-corrected chi connectivity index (χ4v) is 4.19. The maximum absolute atomic E-state index is 13.0. The molecule has 1 aliphatic carbocycles. The lowest BCUT2D eigenvalue weighted by Crippen LogP contribution is -2.41. The Morgan fingerprint density at radius 2 is 1.76 bits per heavy atom. The Balaban J connectivity index is 1.60. The van der Waals surface area contributed by atoms with Crippen molar-refractivity contribution in [1.29, 1.82) is 0 Å². The molecule has 0 saturated heterocycles. The largest absolute Gasteiger partial charge is 0.421 e. The minimum atomic E-state index is -4.78. The van der Waals surface area contributed by atoms with E-state index in [2.05, 4.69) is 11.1 Å². The van der Waals surface area contributed by atoms with Crippen LogP contribution in [0.2, 0.25) is 0 Å². The van der Waals surface area contributed by atoms with Gasteiger partial charge < -0.3 is 10.0 Å². The van der Waals surface area contributed by atoms with Gasteiger partial charge in [0.05, 0.1) is 0 Å². The zero-order valence-corrected chi connectivity index (χ0v) is 16.7. The van der Waals surface area contributed by atoms with Gasteiger partial charge in [0, 0.05) is 31.4 Å². The summed E-state index contributed by atoms with van der Waals surface area (Å²) in [5.74, 6) is 0.831. The highest BCUT2D eigenvalue weighted by Crippen LogP contribution is 2.38. The van der Waals surface area contributed by atoms with Gasteiger partial charge in [-0.2, -0.15) is 13.2 Å². The molecule has 3 rings (SSSR count). The van der Waals surface area contributed by atoms with E-state index >= 15 is 0 Å². The normalized spacial score (nSPS) is 26.8. The Kier molecular flexibility index (Phi) is 6.17. The van der Waals surface area contributed by atoms with Crippen LogP contribution in [0, 0.1) is 11.8 Å². The van der Waals surface area contributed by atoms with Crippen molar-refractivity contribution in [3.63, 3.8) is 0 Å². The number of allylic oxidation sites excluding steroid dienone is 1. The summed E-state index contributed by atoms with van der Waals surface area (Å²) in [7, 11) is 1.75. The summed E-state index contributed by atoms with van der Waals surface area (Å²) >= 11 is 0. The second kappa shape index (κ2) is 8.30. The van der Waals surface area contributed by atoms with E-state index < -0.39 is 11.8 Å². The molecule has 0 radical (unpaired) electrons. The van der Waals surface area contributed by atoms with Gasteiger partial charge >= 0.3 is 6.18 Å². The number of aliphatic hydroxyl groups is 1. The molecule has 1 aromatic carbocycles. The number of carbonyl (C=O) groups is 1. The van der Waals surface area contributed by atoms with Crippen molar-refractivity contribution in [2.24, 2.45) is 16.8 Å². The van der Waals surface area contributed by atoms with E-state index in [9.17, 15) is 23.1 Å². The average Bonchev–Trinajstić information content (AvgIpc) is 2.73. The van der Waals surface area contributed by atoms with Gasteiger partial charge in [0.25, 0.3) is 5.91 Å². The van der Waals surface area contributed by atoms with Gasteiger partial charge in [-0.05, 0) is 68.2 Å². The van der Waals surface area contributed by atoms with Gasteiger partial charge in [-0.25, -0.2) is 0 Å². The maximum atomic E-state index is 13.0. The van der Waals surface area contributed by atoms with Crippen molar-refractivity contribution in [1.82, 2.24) is 4.90 Å². The first kappa shape index (κ1) is 21.6. The molecule has 1 unspecified atom stereocenters. The summed E-state index contributed by atoms with van der Waals surface area (Å²) < 4.78 is 38.9. The van der Waals surface area contributed by atoms with Gasteiger partial charge in [-0.15, -0.1) is 0 Å². The molecule has 2 aliphatic rings. The number of rotatable bonds is 4. The summed E-state index contributed by atoms with van der Waals surface area (Å²) in [6, 6.07) is 5.16. The third-order valence-electron chi connectivity index (χ3n) is 6.33. The number of nitrogens with zero attached hydrogens (tertiary/aromatic N) is 2. The standard InChI is InChI=1S/C22H27F3N2O2/c1-21(29,22(23,24)25)18-9-5-16(6-10-18)20(28)27(2)19-11-7-15(8-12-19)17-4-3-13-26-14-17/h3-6,9-10,13,15,17,19,29H,7-8,11-12,14H2,1-2H3/t15?,17?,19?,21-/m0/s1. The lowest BCUT2D eigenvalue weighted by Gasteiger charge is -2.37. The molecule has 0 spiro atoms. The summed E-state index contributed by atoms with van der Waals surface area (Å²) in [5.41, 5.74) is -2.91. The Labute approximate surface area is 169 Å². The van der Waals surface area contributed by atoms with Crippen molar-refractivity contribution in [3.05, 3.63) is 47.5 Å². The molecule has 0 aromatic heterocycles. The lowest BCUT2D eigenvalue weighted by molar-refractivity contribution is -0.258. The van der Waals surface area contributed by atoms with Crippen LogP contribution in [0.1, 0.15) is 48.5 Å². The number of hydrogen-bond acceptors (Lipinski definition) is 3. The second-order valence-electron chi connectivity index (χ2n) is 8.19. The highest BCUT2D eigenvalue weighted by molar-refractivity contribution is 5.94. The number of halogens is 3. The fourth-order valence-electron chi connectivity index (χ4n) is 4.19. The van der Waals surface area contributed by atoms with E-state index in [4.69, 9.17) is 0 Å². The van der Waals surface area contributed by atoms with Crippen LogP contribution in [-0.2, 0) is 5.60 Å². The molecule has 1 saturated carbocycles. The molecular weight excluding hydrogens is 381 g/mol. The molecule has 1 aromatic rings. The molecule has 1 N–H and O–H groups in total. The van der Waals surface area contributed by atoms with Gasteiger partial charge in [0.15, 0.2) is 5.60 Å². The highest BCUT2D eigenvalue weighted by atomic mass is 19.4. The number of carbonyl (C=O) groups excluding carboxylic acids is 1. The molecule has 0 bridgehead atoms. The van der Waals surface area contributed by atoms with Crippen LogP contribution in [0.4, 0.5) is 13.2 Å². The van der Waals surface area contributed by atoms with E-state index in [1.807, 2.05) is 12.3 Å². The second-order valence-corrected chi connectivity index (χ2v) is 8.19. The van der Waals surface area contributed by atoms with Crippen LogP contribution in [0.15, 0.2) is 41.4 Å². The van der Waals surface area contributed by atoms with E-state index in [0.29, 0.717) is 24.3 Å². The Morgan fingerprint density at radius 1 is 1.14 bits per heavy atom. The fraction of sp³-hybridized carbons (Fsp3) is 0.545. The third kappa shape index (κ3) is 4.55. The number of hydrogen-bond donors (Lipinski definition) is 1. The number of aliphatic imine (C=N–C) groups is 1. The summed E-state index contributed by atoms with van der Waals surface area (Å²) in [4.78, 5) is 18.8. The first-order valence-corrected chi connectivity index (χ1v) is 9.94. The van der Waals surface area contributed by atoms with E-state index in [1.165, 1.54) is 24.3 Å². The van der Waals surface area contributed by atoms with Crippen LogP contribution in [0.25, 0.3) is 0 Å². The van der Waals surface area contributed by atoms with E-state index in [-0.39, 0.29) is 17.5 Å². The van der Waals surface area contributed by atoms with Crippen molar-refractivity contribution in [2.45, 2.75) is 50.4 Å². The van der Waals surface area contributed by atoms with E-state index in [0.717, 1.165) is 32.2 Å². The van der Waals surface area contributed by atoms with Crippen LogP contribution in [0.3, 0.4) is 0 Å². The molecule has 1 aliphatic heterocycles. The molecule has 158 valence electrons. The molecule has 1 fully saturated rings. The maximum Gasteiger partial charge on any atom is 0.421 e. The van der Waals surface area contributed by atoms with Crippen LogP contribution in [0.5, 0.6) is 0 Å². The number of alkyl halides is 3. The predicted molar refractivity (Wildman–Crippen MR) is 106 cm³/mol. The predicted octanol–water partition coefficient (Wildman–Crippen LogP) is 4.34. The number of amides is 1. The average molecular weight is 408 g/mol. The Morgan fingerprint density at radius 3 is 2.28 bits per heavy atom. The highest BCUT2D eigenvalue weighted by Gasteiger charge is 2.51. The monoisotopic (exact) mass is 408 g/mol. The van der Waals surface area contributed by atoms with Gasteiger partial charge in [0.2, 0.25) is 0 Å². The quantitative estimate of drug-likeness (QED) is 0.806. The number of dihydropyridines is 1. The zero-order valence-electron chi connectivity index (χ0n) is 16.7. The molecule has 4 nitrogen and oxygen atoms in total. The Bertz CT molecular complexity index is 776. The first-order valence-electron chi connectivity index (χ1n) is 9.94. The van der Waals surface area contributed by atoms with Gasteiger partial charge in [-0.1, -0.05) is 18.2 Å². The smallest absolute Gasteiger partial charge is 0.376 e. The topological polar surface area (TPSA) is 52.9 Å². The minimum absolute atomic E-state index is 0.118. The molecule has 2 atom stereocenters. The molecule has 29 heavy (non-hydrogen) atoms. The SMILES string of the molecule is CN(C(=O)c1ccc([C@](C)(O)C(F)(F)F)cc1)C1CCC(C2C=CC=NC2)CC1. The van der Waals surface area contributed by atoms with Crippen LogP contribution >= 0.6 is 0 Å². The van der Waals surface area contributed by atoms with E-state index in [1.54, 1.807) is 11.9 Å². The van der Waals surface area contributed by atoms with Crippen LogP contribution < -0.4 is 0 Å². The van der Waals surface area contributed by atoms with Crippen LogP contribution in [-0.4, -0.2) is 47.9 Å². The zero-order chi connectivity index (χ0) is 21.2. The number of benzene rings is 1. The summed E-state index contributed by atoms with van der Waals surface area (Å²) in [6.45, 7) is 1.54. The minimum Gasteiger partial charge on any atom is -0.376 e. The van der Waals surface area contributed by atoms with Gasteiger partial charge in [-0.3, -0.25) is 9.79 Å². The van der Waals surface area contributed by atoms with Crippen molar-refractivity contribution in [3.8, 4) is 0 Å². The van der Waals surface area contributed by atoms with Gasteiger partial charge in [0.1, 0.15) is 0 Å². The molecule has 1 heterocycles. The molecule has 1 amide bonds. The first-order chi connectivity index (χ1) is 13.6. The Hall–Kier alpha value is -2.15. The van der Waals surface area contributed by atoms with Crippen molar-refractivity contribution >= 4 is 12.1 Å². The van der Waals surface area contributed by atoms with Crippen molar-refractivity contribution < 1.29 is 23.1 Å². The summed E-state index contributed by atoms with van der Waals surface area (Å²) in [5, 5.41) is 9.76. The molecular formula is C22H27F3N2O2. The van der Waals surface area contributed by atoms with Crippen molar-refractivity contribution in [2.75, 3.05) is 13.6 Å². The molecule has 7 heteroatoms. The lowest BCUT2D eigenvalue weighted by atomic mass is 9.77.